The van der Waals surface area contributed by atoms with Crippen molar-refractivity contribution in [3.8, 4) is 5.75 Å². The van der Waals surface area contributed by atoms with Crippen molar-refractivity contribution in [2.24, 2.45) is 5.73 Å². The zero-order chi connectivity index (χ0) is 14.6. The first-order valence-electron chi connectivity index (χ1n) is 6.53. The molecule has 0 aliphatic carbocycles. The summed E-state index contributed by atoms with van der Waals surface area (Å²) in [6.45, 7) is 9.48. The van der Waals surface area contributed by atoms with Crippen molar-refractivity contribution in [1.29, 1.82) is 0 Å². The van der Waals surface area contributed by atoms with E-state index in [-0.39, 0.29) is 17.5 Å². The highest BCUT2D eigenvalue weighted by Gasteiger charge is 2.20. The van der Waals surface area contributed by atoms with E-state index in [1.165, 1.54) is 0 Å². The van der Waals surface area contributed by atoms with Crippen molar-refractivity contribution in [2.75, 3.05) is 0 Å². The molecule has 0 aromatic heterocycles. The number of nitrogens with two attached hydrogens (primary N) is 1. The predicted molar refractivity (Wildman–Crippen MR) is 77.0 cm³/mol. The summed E-state index contributed by atoms with van der Waals surface area (Å²) < 4.78 is 5.60. The average Bonchev–Trinajstić information content (AvgIpc) is 2.27. The van der Waals surface area contributed by atoms with Crippen molar-refractivity contribution < 1.29 is 9.53 Å². The zero-order valence-electron chi connectivity index (χ0n) is 12.4. The van der Waals surface area contributed by atoms with Crippen LogP contribution in [0.4, 0.5) is 0 Å². The minimum absolute atomic E-state index is 0.00402. The minimum Gasteiger partial charge on any atom is -0.481 e. The van der Waals surface area contributed by atoms with Crippen molar-refractivity contribution in [2.45, 2.75) is 52.3 Å². The molecule has 19 heavy (non-hydrogen) atoms. The first-order chi connectivity index (χ1) is 8.69. The largest absolute Gasteiger partial charge is 0.481 e. The third-order valence-corrected chi connectivity index (χ3v) is 2.59. The Labute approximate surface area is 115 Å². The molecule has 1 aromatic carbocycles. The Hall–Kier alpha value is -1.55. The number of carbonyl (C=O) groups excluding carboxylic acids is 1. The number of ether oxygens (including phenoxy) is 1. The molecule has 1 aromatic rings. The number of hydrogen-bond acceptors (Lipinski definition) is 3. The standard InChI is InChI=1S/C15H24N2O2/c1-10(16)12-6-8-13(9-7-12)19-11(2)14(18)17-15(3,4)5/h6-11H,16H2,1-5H3,(H,17,18)/t10-,11?/m1/s1. The Morgan fingerprint density at radius 2 is 1.74 bits per heavy atom. The van der Waals surface area contributed by atoms with Gasteiger partial charge in [0.15, 0.2) is 6.10 Å². The van der Waals surface area contributed by atoms with Gasteiger partial charge in [-0.3, -0.25) is 4.79 Å². The fourth-order valence-corrected chi connectivity index (χ4v) is 1.58. The molecule has 4 heteroatoms. The van der Waals surface area contributed by atoms with Crippen LogP contribution < -0.4 is 15.8 Å². The van der Waals surface area contributed by atoms with Crippen molar-refractivity contribution in [1.82, 2.24) is 5.32 Å². The lowest BCUT2D eigenvalue weighted by Gasteiger charge is -2.23. The van der Waals surface area contributed by atoms with E-state index in [2.05, 4.69) is 5.32 Å². The SMILES string of the molecule is CC(Oc1ccc([C@@H](C)N)cc1)C(=O)NC(C)(C)C. The zero-order valence-corrected chi connectivity index (χ0v) is 12.4. The van der Waals surface area contributed by atoms with Gasteiger partial charge in [-0.15, -0.1) is 0 Å². The van der Waals surface area contributed by atoms with Crippen LogP contribution in [0.5, 0.6) is 5.75 Å². The van der Waals surface area contributed by atoms with E-state index in [1.54, 1.807) is 6.92 Å². The molecule has 0 spiro atoms. The highest BCUT2D eigenvalue weighted by atomic mass is 16.5. The van der Waals surface area contributed by atoms with Crippen LogP contribution in [0, 0.1) is 0 Å². The number of hydrogen-bond donors (Lipinski definition) is 2. The molecule has 0 heterocycles. The molecule has 0 bridgehead atoms. The molecule has 0 aliphatic rings. The molecule has 106 valence electrons. The van der Waals surface area contributed by atoms with Crippen LogP contribution in [0.3, 0.4) is 0 Å². The monoisotopic (exact) mass is 264 g/mol. The van der Waals surface area contributed by atoms with Crippen LogP contribution in [0.25, 0.3) is 0 Å². The Kier molecular flexibility index (Phi) is 4.95. The van der Waals surface area contributed by atoms with E-state index >= 15 is 0 Å². The molecule has 1 unspecified atom stereocenters. The van der Waals surface area contributed by atoms with Gasteiger partial charge in [0.05, 0.1) is 0 Å². The fourth-order valence-electron chi connectivity index (χ4n) is 1.58. The molecule has 0 fully saturated rings. The van der Waals surface area contributed by atoms with Gasteiger partial charge < -0.3 is 15.8 Å². The van der Waals surface area contributed by atoms with Gasteiger partial charge in [-0.2, -0.15) is 0 Å². The summed E-state index contributed by atoms with van der Waals surface area (Å²) in [6, 6.07) is 7.48. The smallest absolute Gasteiger partial charge is 0.261 e. The van der Waals surface area contributed by atoms with Crippen LogP contribution in [-0.2, 0) is 4.79 Å². The van der Waals surface area contributed by atoms with Crippen LogP contribution in [0.15, 0.2) is 24.3 Å². The molecule has 0 aliphatic heterocycles. The maximum absolute atomic E-state index is 11.9. The first-order valence-corrected chi connectivity index (χ1v) is 6.53. The summed E-state index contributed by atoms with van der Waals surface area (Å²) >= 11 is 0. The predicted octanol–water partition coefficient (Wildman–Crippen LogP) is 2.39. The third kappa shape index (κ3) is 5.30. The van der Waals surface area contributed by atoms with E-state index in [0.29, 0.717) is 5.75 Å². The highest BCUT2D eigenvalue weighted by molar-refractivity contribution is 5.81. The number of carbonyl (C=O) groups is 1. The Morgan fingerprint density at radius 3 is 2.16 bits per heavy atom. The van der Waals surface area contributed by atoms with Gasteiger partial charge in [0.25, 0.3) is 5.91 Å². The molecular weight excluding hydrogens is 240 g/mol. The molecule has 3 N–H and O–H groups in total. The molecule has 1 amide bonds. The topological polar surface area (TPSA) is 64.3 Å². The lowest BCUT2D eigenvalue weighted by atomic mass is 10.1. The van der Waals surface area contributed by atoms with Crippen molar-refractivity contribution >= 4 is 5.91 Å². The van der Waals surface area contributed by atoms with Crippen LogP contribution in [0.1, 0.15) is 46.2 Å². The maximum atomic E-state index is 11.9. The van der Waals surface area contributed by atoms with E-state index in [1.807, 2.05) is 52.0 Å². The average molecular weight is 264 g/mol. The number of benzene rings is 1. The lowest BCUT2D eigenvalue weighted by Crippen LogP contribution is -2.46. The maximum Gasteiger partial charge on any atom is 0.261 e. The number of rotatable bonds is 4. The number of nitrogens with one attached hydrogen (secondary N) is 1. The van der Waals surface area contributed by atoms with E-state index in [4.69, 9.17) is 10.5 Å². The van der Waals surface area contributed by atoms with Gasteiger partial charge in [-0.1, -0.05) is 12.1 Å². The summed E-state index contributed by atoms with van der Waals surface area (Å²) in [5.74, 6) is 0.546. The summed E-state index contributed by atoms with van der Waals surface area (Å²) in [6.07, 6.45) is -0.527. The fraction of sp³-hybridized carbons (Fsp3) is 0.533. The van der Waals surface area contributed by atoms with Crippen LogP contribution in [-0.4, -0.2) is 17.6 Å². The number of amides is 1. The quantitative estimate of drug-likeness (QED) is 0.877. The van der Waals surface area contributed by atoms with E-state index in [0.717, 1.165) is 5.56 Å². The Morgan fingerprint density at radius 1 is 1.21 bits per heavy atom. The summed E-state index contributed by atoms with van der Waals surface area (Å²) in [5, 5.41) is 2.88. The summed E-state index contributed by atoms with van der Waals surface area (Å²) in [7, 11) is 0. The molecule has 1 rings (SSSR count). The van der Waals surface area contributed by atoms with Crippen LogP contribution in [0.2, 0.25) is 0 Å². The second-order valence-electron chi connectivity index (χ2n) is 5.86. The second kappa shape index (κ2) is 6.06. The van der Waals surface area contributed by atoms with Crippen molar-refractivity contribution in [3.05, 3.63) is 29.8 Å². The normalized spacial score (nSPS) is 14.6. The summed E-state index contributed by atoms with van der Waals surface area (Å²) in [5.41, 5.74) is 6.56. The Balaban J connectivity index is 2.61. The second-order valence-corrected chi connectivity index (χ2v) is 5.86. The van der Waals surface area contributed by atoms with E-state index in [9.17, 15) is 4.79 Å². The summed E-state index contributed by atoms with van der Waals surface area (Å²) in [4.78, 5) is 11.9. The molecular formula is C15H24N2O2. The van der Waals surface area contributed by atoms with Gasteiger partial charge in [0.2, 0.25) is 0 Å². The van der Waals surface area contributed by atoms with Gasteiger partial charge in [0, 0.05) is 11.6 Å². The minimum atomic E-state index is -0.527. The van der Waals surface area contributed by atoms with E-state index < -0.39 is 6.10 Å². The molecule has 0 saturated heterocycles. The molecule has 2 atom stereocenters. The van der Waals surface area contributed by atoms with Crippen LogP contribution >= 0.6 is 0 Å². The Bertz CT molecular complexity index is 419. The third-order valence-electron chi connectivity index (χ3n) is 2.59. The van der Waals surface area contributed by atoms with Gasteiger partial charge >= 0.3 is 0 Å². The first kappa shape index (κ1) is 15.5. The molecule has 4 nitrogen and oxygen atoms in total. The van der Waals surface area contributed by atoms with Crippen molar-refractivity contribution in [3.63, 3.8) is 0 Å². The molecule has 0 radical (unpaired) electrons. The van der Waals surface area contributed by atoms with Gasteiger partial charge in [0.1, 0.15) is 5.75 Å². The lowest BCUT2D eigenvalue weighted by molar-refractivity contribution is -0.128. The van der Waals surface area contributed by atoms with Gasteiger partial charge in [-0.05, 0) is 52.3 Å². The molecule has 0 saturated carbocycles. The van der Waals surface area contributed by atoms with Gasteiger partial charge in [-0.25, -0.2) is 0 Å². The highest BCUT2D eigenvalue weighted by Crippen LogP contribution is 2.17.